The van der Waals surface area contributed by atoms with Crippen molar-refractivity contribution < 1.29 is 31.1 Å². The first-order valence-electron chi connectivity index (χ1n) is 5.26. The normalized spacial score (nSPS) is 15.8. The highest BCUT2D eigenvalue weighted by Gasteiger charge is 2.30. The van der Waals surface area contributed by atoms with Gasteiger partial charge < -0.3 is 4.74 Å². The molecule has 0 aliphatic carbocycles. The van der Waals surface area contributed by atoms with Gasteiger partial charge in [-0.2, -0.15) is 13.2 Å². The minimum Gasteiger partial charge on any atom is -0.456 e. The van der Waals surface area contributed by atoms with E-state index in [1.54, 1.807) is 0 Å². The Morgan fingerprint density at radius 3 is 2.20 bits per heavy atom. The van der Waals surface area contributed by atoms with Crippen LogP contribution in [-0.2, 0) is 25.7 Å². The summed E-state index contributed by atoms with van der Waals surface area (Å²) in [6.07, 6.45) is -3.58. The number of hydrogen-bond donors (Lipinski definition) is 1. The SMILES string of the molecule is O=C1C=C(NS(=O)(=O)c2ccc(C(F)(F)F)cc2)CO1. The fraction of sp³-hybridized carbons (Fsp3) is 0.182. The standard InChI is InChI=1S/C11H8F3NO4S/c12-11(13,14)7-1-3-9(4-2-7)20(17,18)15-8-5-10(16)19-6-8/h1-5,15H,6H2. The lowest BCUT2D eigenvalue weighted by Crippen LogP contribution is -2.24. The Morgan fingerprint density at radius 2 is 1.75 bits per heavy atom. The zero-order valence-corrected chi connectivity index (χ0v) is 10.6. The van der Waals surface area contributed by atoms with Gasteiger partial charge in [0.05, 0.1) is 16.2 Å². The monoisotopic (exact) mass is 307 g/mol. The number of sulfonamides is 1. The van der Waals surface area contributed by atoms with Crippen LogP contribution in [0, 0.1) is 0 Å². The molecule has 0 saturated heterocycles. The van der Waals surface area contributed by atoms with Gasteiger partial charge in [-0.15, -0.1) is 0 Å². The van der Waals surface area contributed by atoms with Crippen LogP contribution in [0.3, 0.4) is 0 Å². The Bertz CT molecular complexity index is 662. The second-order valence-electron chi connectivity index (χ2n) is 3.90. The number of rotatable bonds is 3. The molecule has 9 heteroatoms. The molecule has 0 saturated carbocycles. The molecule has 0 fully saturated rings. The highest BCUT2D eigenvalue weighted by atomic mass is 32.2. The number of hydrogen-bond acceptors (Lipinski definition) is 4. The maximum absolute atomic E-state index is 12.4. The number of halogens is 3. The molecular weight excluding hydrogens is 299 g/mol. The summed E-state index contributed by atoms with van der Waals surface area (Å²) < 4.78 is 67.4. The van der Waals surface area contributed by atoms with Crippen LogP contribution in [0.15, 0.2) is 40.9 Å². The van der Waals surface area contributed by atoms with Crippen LogP contribution in [0.5, 0.6) is 0 Å². The van der Waals surface area contributed by atoms with Crippen molar-refractivity contribution in [2.75, 3.05) is 6.61 Å². The lowest BCUT2D eigenvalue weighted by molar-refractivity contribution is -0.137. The van der Waals surface area contributed by atoms with Gasteiger partial charge in [-0.05, 0) is 24.3 Å². The van der Waals surface area contributed by atoms with Gasteiger partial charge in [0.15, 0.2) is 0 Å². The molecule has 1 aromatic rings. The fourth-order valence-corrected chi connectivity index (χ4v) is 2.56. The highest BCUT2D eigenvalue weighted by Crippen LogP contribution is 2.29. The number of benzene rings is 1. The number of alkyl halides is 3. The summed E-state index contributed by atoms with van der Waals surface area (Å²) in [6.45, 7) is -0.224. The number of esters is 1. The molecule has 1 heterocycles. The van der Waals surface area contributed by atoms with Crippen LogP contribution in [0.4, 0.5) is 13.2 Å². The third kappa shape index (κ3) is 3.10. The van der Waals surface area contributed by atoms with Crippen molar-refractivity contribution in [3.8, 4) is 0 Å². The topological polar surface area (TPSA) is 72.5 Å². The number of nitrogens with one attached hydrogen (secondary N) is 1. The third-order valence-corrected chi connectivity index (χ3v) is 3.84. The Labute approximate surface area is 112 Å². The fourth-order valence-electron chi connectivity index (χ4n) is 1.49. The summed E-state index contributed by atoms with van der Waals surface area (Å²) in [6, 6.07) is 3.01. The van der Waals surface area contributed by atoms with Crippen molar-refractivity contribution in [3.63, 3.8) is 0 Å². The molecule has 108 valence electrons. The molecule has 0 atom stereocenters. The first kappa shape index (κ1) is 14.4. The van der Waals surface area contributed by atoms with Gasteiger partial charge in [-0.1, -0.05) is 0 Å². The van der Waals surface area contributed by atoms with Gasteiger partial charge in [-0.3, -0.25) is 4.72 Å². The predicted molar refractivity (Wildman–Crippen MR) is 60.8 cm³/mol. The van der Waals surface area contributed by atoms with E-state index >= 15 is 0 Å². The van der Waals surface area contributed by atoms with Crippen LogP contribution < -0.4 is 4.72 Å². The number of ether oxygens (including phenoxy) is 1. The predicted octanol–water partition coefficient (Wildman–Crippen LogP) is 1.42. The molecule has 1 N–H and O–H groups in total. The van der Waals surface area contributed by atoms with E-state index in [0.717, 1.165) is 18.2 Å². The summed E-state index contributed by atoms with van der Waals surface area (Å²) >= 11 is 0. The minimum absolute atomic E-state index is 0.0231. The molecular formula is C11H8F3NO4S. The van der Waals surface area contributed by atoms with Crippen LogP contribution in [0.1, 0.15) is 5.56 Å². The molecule has 1 aliphatic heterocycles. The Balaban J connectivity index is 2.22. The van der Waals surface area contributed by atoms with Crippen molar-refractivity contribution in [2.24, 2.45) is 0 Å². The van der Waals surface area contributed by atoms with Crippen LogP contribution in [0.25, 0.3) is 0 Å². The lowest BCUT2D eigenvalue weighted by Gasteiger charge is -2.10. The largest absolute Gasteiger partial charge is 0.456 e. The van der Waals surface area contributed by atoms with E-state index in [1.807, 2.05) is 0 Å². The molecule has 0 spiro atoms. The molecule has 0 unspecified atom stereocenters. The van der Waals surface area contributed by atoms with E-state index in [-0.39, 0.29) is 17.2 Å². The zero-order valence-electron chi connectivity index (χ0n) is 9.77. The smallest absolute Gasteiger partial charge is 0.416 e. The molecule has 20 heavy (non-hydrogen) atoms. The molecule has 0 radical (unpaired) electrons. The lowest BCUT2D eigenvalue weighted by atomic mass is 10.2. The minimum atomic E-state index is -4.54. The van der Waals surface area contributed by atoms with Crippen molar-refractivity contribution in [1.82, 2.24) is 4.72 Å². The summed E-state index contributed by atoms with van der Waals surface area (Å²) in [7, 11) is -4.05. The molecule has 1 aromatic carbocycles. The van der Waals surface area contributed by atoms with Gasteiger partial charge in [0, 0.05) is 6.08 Å². The molecule has 0 aromatic heterocycles. The maximum atomic E-state index is 12.4. The van der Waals surface area contributed by atoms with E-state index in [9.17, 15) is 26.4 Å². The van der Waals surface area contributed by atoms with Gasteiger partial charge in [0.1, 0.15) is 6.61 Å². The van der Waals surface area contributed by atoms with Gasteiger partial charge in [-0.25, -0.2) is 13.2 Å². The van der Waals surface area contributed by atoms with Crippen LogP contribution in [0.2, 0.25) is 0 Å². The van der Waals surface area contributed by atoms with Crippen LogP contribution >= 0.6 is 0 Å². The van der Waals surface area contributed by atoms with E-state index in [0.29, 0.717) is 12.1 Å². The third-order valence-electron chi connectivity index (χ3n) is 2.42. The molecule has 1 aliphatic rings. The summed E-state index contributed by atoms with van der Waals surface area (Å²) in [4.78, 5) is 10.4. The van der Waals surface area contributed by atoms with Crippen LogP contribution in [-0.4, -0.2) is 21.0 Å². The van der Waals surface area contributed by atoms with E-state index < -0.39 is 27.7 Å². The molecule has 2 rings (SSSR count). The van der Waals surface area contributed by atoms with Gasteiger partial charge in [0.2, 0.25) is 0 Å². The first-order chi connectivity index (χ1) is 9.18. The van der Waals surface area contributed by atoms with Crippen molar-refractivity contribution in [3.05, 3.63) is 41.6 Å². The highest BCUT2D eigenvalue weighted by molar-refractivity contribution is 7.89. The van der Waals surface area contributed by atoms with E-state index in [4.69, 9.17) is 0 Å². The Morgan fingerprint density at radius 1 is 1.15 bits per heavy atom. The first-order valence-corrected chi connectivity index (χ1v) is 6.74. The number of cyclic esters (lactones) is 1. The molecule has 5 nitrogen and oxygen atoms in total. The number of carbonyl (C=O) groups is 1. The van der Waals surface area contributed by atoms with Gasteiger partial charge in [0.25, 0.3) is 10.0 Å². The summed E-state index contributed by atoms with van der Waals surface area (Å²) in [5.41, 5.74) is -0.926. The quantitative estimate of drug-likeness (QED) is 0.857. The molecule has 0 amide bonds. The van der Waals surface area contributed by atoms with E-state index in [1.165, 1.54) is 0 Å². The summed E-state index contributed by atoms with van der Waals surface area (Å²) in [5.74, 6) is -0.685. The Kier molecular flexibility index (Phi) is 3.46. The number of carbonyl (C=O) groups excluding carboxylic acids is 1. The average Bonchev–Trinajstić information content (AvgIpc) is 2.73. The molecule has 0 bridgehead atoms. The van der Waals surface area contributed by atoms with E-state index in [2.05, 4.69) is 9.46 Å². The second kappa shape index (κ2) is 4.82. The Hall–Kier alpha value is -2.03. The van der Waals surface area contributed by atoms with Crippen molar-refractivity contribution >= 4 is 16.0 Å². The van der Waals surface area contributed by atoms with Gasteiger partial charge >= 0.3 is 12.1 Å². The van der Waals surface area contributed by atoms with Crippen molar-refractivity contribution in [1.29, 1.82) is 0 Å². The summed E-state index contributed by atoms with van der Waals surface area (Å²) in [5, 5.41) is 0. The second-order valence-corrected chi connectivity index (χ2v) is 5.59. The maximum Gasteiger partial charge on any atom is 0.416 e. The van der Waals surface area contributed by atoms with Crippen molar-refractivity contribution in [2.45, 2.75) is 11.1 Å². The average molecular weight is 307 g/mol. The zero-order chi connectivity index (χ0) is 15.0.